The van der Waals surface area contributed by atoms with Crippen LogP contribution in [-0.2, 0) is 0 Å². The molecule has 0 N–H and O–H groups in total. The molecule has 1 aliphatic rings. The van der Waals surface area contributed by atoms with Crippen LogP contribution in [0.5, 0.6) is 0 Å². The summed E-state index contributed by atoms with van der Waals surface area (Å²) in [7, 11) is 0. The standard InChI is InChI=1S/C10H6N4O3S/c15-8-5-18-10-11-9(12-13(8)10)6-2-1-3-7(4-6)14(16)17/h1-4H,5H2. The first-order valence-electron chi connectivity index (χ1n) is 5.03. The molecular weight excluding hydrogens is 256 g/mol. The average Bonchev–Trinajstić information content (AvgIpc) is 2.92. The molecule has 90 valence electrons. The van der Waals surface area contributed by atoms with Crippen LogP contribution in [0, 0.1) is 10.1 Å². The first-order chi connectivity index (χ1) is 8.65. The molecule has 0 fully saturated rings. The van der Waals surface area contributed by atoms with Gasteiger partial charge in [-0.2, -0.15) is 4.68 Å². The summed E-state index contributed by atoms with van der Waals surface area (Å²) in [6.07, 6.45) is 0. The third kappa shape index (κ3) is 1.66. The zero-order chi connectivity index (χ0) is 12.7. The second kappa shape index (κ2) is 3.91. The SMILES string of the molecule is O=C1CSc2nc(-c3cccc([N+](=O)[O-])c3)nn21. The van der Waals surface area contributed by atoms with Crippen LogP contribution in [0.25, 0.3) is 11.4 Å². The van der Waals surface area contributed by atoms with Gasteiger partial charge in [-0.25, -0.2) is 4.98 Å². The highest BCUT2D eigenvalue weighted by molar-refractivity contribution is 8.00. The summed E-state index contributed by atoms with van der Waals surface area (Å²) in [4.78, 5) is 25.8. The minimum absolute atomic E-state index is 0.0264. The van der Waals surface area contributed by atoms with Gasteiger partial charge in [0.1, 0.15) is 0 Å². The Hall–Kier alpha value is -2.22. The molecule has 2 aromatic rings. The lowest BCUT2D eigenvalue weighted by Gasteiger charge is -1.95. The number of nitro groups is 1. The number of thioether (sulfide) groups is 1. The maximum atomic E-state index is 11.4. The summed E-state index contributed by atoms with van der Waals surface area (Å²) in [5.74, 6) is 0.540. The molecule has 0 saturated heterocycles. The van der Waals surface area contributed by atoms with Gasteiger partial charge < -0.3 is 0 Å². The molecule has 7 nitrogen and oxygen atoms in total. The summed E-state index contributed by atoms with van der Waals surface area (Å²) in [6, 6.07) is 6.02. The molecule has 0 aliphatic carbocycles. The highest BCUT2D eigenvalue weighted by Crippen LogP contribution is 2.27. The zero-order valence-electron chi connectivity index (χ0n) is 8.94. The van der Waals surface area contributed by atoms with Crippen LogP contribution in [0.4, 0.5) is 5.69 Å². The van der Waals surface area contributed by atoms with Gasteiger partial charge in [-0.15, -0.1) is 5.10 Å². The molecule has 1 aromatic carbocycles. The third-order valence-electron chi connectivity index (χ3n) is 2.45. The Morgan fingerprint density at radius 1 is 1.44 bits per heavy atom. The van der Waals surface area contributed by atoms with Crippen LogP contribution in [0.3, 0.4) is 0 Å². The first kappa shape index (κ1) is 10.9. The van der Waals surface area contributed by atoms with E-state index in [-0.39, 0.29) is 11.6 Å². The second-order valence-electron chi connectivity index (χ2n) is 3.62. The lowest BCUT2D eigenvalue weighted by molar-refractivity contribution is -0.384. The van der Waals surface area contributed by atoms with Crippen LogP contribution in [0.2, 0.25) is 0 Å². The number of hydrogen-bond donors (Lipinski definition) is 0. The van der Waals surface area contributed by atoms with Gasteiger partial charge in [0.15, 0.2) is 11.0 Å². The molecule has 8 heteroatoms. The number of nitro benzene ring substituents is 1. The van der Waals surface area contributed by atoms with Gasteiger partial charge in [-0.1, -0.05) is 23.9 Å². The van der Waals surface area contributed by atoms with Crippen molar-refractivity contribution < 1.29 is 9.72 Å². The molecule has 0 unspecified atom stereocenters. The van der Waals surface area contributed by atoms with Crippen LogP contribution in [-0.4, -0.2) is 31.3 Å². The van der Waals surface area contributed by atoms with Gasteiger partial charge in [0.05, 0.1) is 10.7 Å². The van der Waals surface area contributed by atoms with Crippen molar-refractivity contribution in [2.75, 3.05) is 5.75 Å². The predicted octanol–water partition coefficient (Wildman–Crippen LogP) is 1.60. The first-order valence-corrected chi connectivity index (χ1v) is 6.01. The molecule has 0 saturated carbocycles. The number of hydrogen-bond acceptors (Lipinski definition) is 6. The van der Waals surface area contributed by atoms with E-state index in [0.29, 0.717) is 22.3 Å². The summed E-state index contributed by atoms with van der Waals surface area (Å²) in [5, 5.41) is 15.3. The van der Waals surface area contributed by atoms with E-state index in [1.54, 1.807) is 12.1 Å². The van der Waals surface area contributed by atoms with Crippen molar-refractivity contribution in [1.29, 1.82) is 0 Å². The van der Waals surface area contributed by atoms with Gasteiger partial charge >= 0.3 is 0 Å². The molecule has 0 radical (unpaired) electrons. The fourth-order valence-corrected chi connectivity index (χ4v) is 2.41. The Kier molecular flexibility index (Phi) is 2.37. The maximum Gasteiger partial charge on any atom is 0.270 e. The molecule has 2 heterocycles. The Labute approximate surface area is 105 Å². The molecule has 18 heavy (non-hydrogen) atoms. The van der Waals surface area contributed by atoms with E-state index in [9.17, 15) is 14.9 Å². The fraction of sp³-hybridized carbons (Fsp3) is 0.100. The van der Waals surface area contributed by atoms with Crippen molar-refractivity contribution in [3.8, 4) is 11.4 Å². The largest absolute Gasteiger partial charge is 0.271 e. The van der Waals surface area contributed by atoms with Gasteiger partial charge in [-0.05, 0) is 0 Å². The number of carbonyl (C=O) groups is 1. The van der Waals surface area contributed by atoms with Crippen molar-refractivity contribution in [2.24, 2.45) is 0 Å². The molecule has 0 amide bonds. The summed E-state index contributed by atoms with van der Waals surface area (Å²) < 4.78 is 1.23. The van der Waals surface area contributed by atoms with E-state index in [0.717, 1.165) is 0 Å². The van der Waals surface area contributed by atoms with Crippen LogP contribution in [0.15, 0.2) is 29.4 Å². The van der Waals surface area contributed by atoms with E-state index < -0.39 is 4.92 Å². The Morgan fingerprint density at radius 3 is 3.00 bits per heavy atom. The van der Waals surface area contributed by atoms with E-state index in [1.165, 1.54) is 28.6 Å². The number of nitrogens with zero attached hydrogens (tertiary/aromatic N) is 4. The van der Waals surface area contributed by atoms with E-state index in [2.05, 4.69) is 10.1 Å². The van der Waals surface area contributed by atoms with E-state index >= 15 is 0 Å². The monoisotopic (exact) mass is 262 g/mol. The average molecular weight is 262 g/mol. The van der Waals surface area contributed by atoms with Crippen molar-refractivity contribution in [3.05, 3.63) is 34.4 Å². The van der Waals surface area contributed by atoms with Crippen molar-refractivity contribution in [3.63, 3.8) is 0 Å². The molecule has 0 bridgehead atoms. The summed E-state index contributed by atoms with van der Waals surface area (Å²) in [5.41, 5.74) is 0.501. The van der Waals surface area contributed by atoms with Gasteiger partial charge in [0.2, 0.25) is 0 Å². The van der Waals surface area contributed by atoms with E-state index in [1.807, 2.05) is 0 Å². The van der Waals surface area contributed by atoms with Crippen LogP contribution in [0.1, 0.15) is 4.79 Å². The summed E-state index contributed by atoms with van der Waals surface area (Å²) in [6.45, 7) is 0. The predicted molar refractivity (Wildman–Crippen MR) is 63.5 cm³/mol. The maximum absolute atomic E-state index is 11.4. The van der Waals surface area contributed by atoms with Crippen LogP contribution < -0.4 is 0 Å². The molecule has 1 aliphatic heterocycles. The van der Waals surface area contributed by atoms with Crippen molar-refractivity contribution in [1.82, 2.24) is 14.8 Å². The number of carbonyl (C=O) groups excluding carboxylic acids is 1. The highest BCUT2D eigenvalue weighted by Gasteiger charge is 2.24. The van der Waals surface area contributed by atoms with Gasteiger partial charge in [-0.3, -0.25) is 14.9 Å². The molecule has 0 spiro atoms. The molecule has 0 atom stereocenters. The Balaban J connectivity index is 2.05. The number of fused-ring (bicyclic) bond motifs is 1. The molecular formula is C10H6N4O3S. The normalized spacial score (nSPS) is 13.7. The summed E-state index contributed by atoms with van der Waals surface area (Å²) >= 11 is 1.31. The smallest absolute Gasteiger partial charge is 0.270 e. The second-order valence-corrected chi connectivity index (χ2v) is 4.56. The Morgan fingerprint density at radius 2 is 2.28 bits per heavy atom. The van der Waals surface area contributed by atoms with Gasteiger partial charge in [0, 0.05) is 17.7 Å². The fourth-order valence-electron chi connectivity index (χ4n) is 1.62. The quantitative estimate of drug-likeness (QED) is 0.603. The highest BCUT2D eigenvalue weighted by atomic mass is 32.2. The number of aromatic nitrogens is 3. The van der Waals surface area contributed by atoms with Gasteiger partial charge in [0.25, 0.3) is 11.6 Å². The molecule has 3 rings (SSSR count). The van der Waals surface area contributed by atoms with Crippen molar-refractivity contribution in [2.45, 2.75) is 5.16 Å². The minimum atomic E-state index is -0.479. The Bertz CT molecular complexity index is 667. The third-order valence-corrected chi connectivity index (χ3v) is 3.37. The zero-order valence-corrected chi connectivity index (χ0v) is 9.75. The van der Waals surface area contributed by atoms with Crippen molar-refractivity contribution >= 4 is 23.4 Å². The number of benzene rings is 1. The number of non-ortho nitro benzene ring substituents is 1. The lowest BCUT2D eigenvalue weighted by Crippen LogP contribution is -2.08. The molecule has 1 aromatic heterocycles. The lowest BCUT2D eigenvalue weighted by atomic mass is 10.2. The number of rotatable bonds is 2. The topological polar surface area (TPSA) is 90.9 Å². The minimum Gasteiger partial charge on any atom is -0.271 e. The van der Waals surface area contributed by atoms with E-state index in [4.69, 9.17) is 0 Å². The van der Waals surface area contributed by atoms with Crippen LogP contribution >= 0.6 is 11.8 Å².